The van der Waals surface area contributed by atoms with Crippen molar-refractivity contribution in [2.45, 2.75) is 51.7 Å². The quantitative estimate of drug-likeness (QED) is 0.647. The van der Waals surface area contributed by atoms with Gasteiger partial charge in [-0.1, -0.05) is 12.8 Å². The smallest absolute Gasteiger partial charge is 0.234 e. The van der Waals surface area contributed by atoms with Gasteiger partial charge in [0, 0.05) is 12.6 Å². The van der Waals surface area contributed by atoms with Gasteiger partial charge in [0.25, 0.3) is 0 Å². The predicted molar refractivity (Wildman–Crippen MR) is 64.1 cm³/mol. The van der Waals surface area contributed by atoms with Crippen LogP contribution in [0.15, 0.2) is 0 Å². The van der Waals surface area contributed by atoms with Crippen molar-refractivity contribution in [1.82, 2.24) is 10.6 Å². The summed E-state index contributed by atoms with van der Waals surface area (Å²) in [7, 11) is 0. The Labute approximate surface area is 97.8 Å². The van der Waals surface area contributed by atoms with E-state index in [1.807, 2.05) is 13.8 Å². The first-order valence-electron chi connectivity index (χ1n) is 6.27. The largest absolute Gasteiger partial charge is 0.393 e. The van der Waals surface area contributed by atoms with Gasteiger partial charge in [0.15, 0.2) is 0 Å². The van der Waals surface area contributed by atoms with E-state index in [2.05, 4.69) is 10.6 Å². The van der Waals surface area contributed by atoms with E-state index in [0.29, 0.717) is 12.5 Å². The lowest BCUT2D eigenvalue weighted by Crippen LogP contribution is -2.41. The van der Waals surface area contributed by atoms with E-state index in [-0.39, 0.29) is 18.1 Å². The fraction of sp³-hybridized carbons (Fsp3) is 0.917. The number of amides is 1. The molecule has 2 atom stereocenters. The van der Waals surface area contributed by atoms with Gasteiger partial charge in [0.2, 0.25) is 5.91 Å². The normalized spacial score (nSPS) is 25.8. The Balaban J connectivity index is 2.12. The summed E-state index contributed by atoms with van der Waals surface area (Å²) in [6, 6.07) is 0.189. The zero-order valence-corrected chi connectivity index (χ0v) is 10.3. The van der Waals surface area contributed by atoms with Gasteiger partial charge in [-0.2, -0.15) is 0 Å². The molecule has 1 amide bonds. The number of rotatable bonds is 5. The second-order valence-corrected chi connectivity index (χ2v) is 4.96. The van der Waals surface area contributed by atoms with Crippen LogP contribution < -0.4 is 10.6 Å². The molecule has 1 saturated carbocycles. The van der Waals surface area contributed by atoms with Crippen LogP contribution in [0.2, 0.25) is 0 Å². The number of aliphatic hydroxyl groups is 1. The Morgan fingerprint density at radius 1 is 1.38 bits per heavy atom. The first-order valence-corrected chi connectivity index (χ1v) is 6.27. The van der Waals surface area contributed by atoms with Crippen LogP contribution in [0.25, 0.3) is 0 Å². The third-order valence-corrected chi connectivity index (χ3v) is 3.01. The maximum absolute atomic E-state index is 11.3. The van der Waals surface area contributed by atoms with E-state index in [9.17, 15) is 9.90 Å². The van der Waals surface area contributed by atoms with E-state index in [4.69, 9.17) is 0 Å². The van der Waals surface area contributed by atoms with E-state index in [1.54, 1.807) is 0 Å². The topological polar surface area (TPSA) is 61.4 Å². The summed E-state index contributed by atoms with van der Waals surface area (Å²) < 4.78 is 0. The lowest BCUT2D eigenvalue weighted by molar-refractivity contribution is -0.120. The third kappa shape index (κ3) is 4.94. The standard InChI is InChI=1S/C12H24N2O2/c1-9(2)14-12(16)8-13-7-10-5-3-4-6-11(10)15/h9-11,13,15H,3-8H2,1-2H3,(H,14,16). The van der Waals surface area contributed by atoms with Crippen molar-refractivity contribution in [3.63, 3.8) is 0 Å². The number of carbonyl (C=O) groups is 1. The van der Waals surface area contributed by atoms with Crippen molar-refractivity contribution in [2.75, 3.05) is 13.1 Å². The number of hydrogen-bond donors (Lipinski definition) is 3. The van der Waals surface area contributed by atoms with Gasteiger partial charge in [-0.3, -0.25) is 4.79 Å². The number of hydrogen-bond acceptors (Lipinski definition) is 3. The Kier molecular flexibility index (Phi) is 5.77. The number of nitrogens with one attached hydrogen (secondary N) is 2. The summed E-state index contributed by atoms with van der Waals surface area (Å²) in [4.78, 5) is 11.3. The molecule has 1 fully saturated rings. The molecule has 0 aromatic heterocycles. The van der Waals surface area contributed by atoms with E-state index in [1.165, 1.54) is 6.42 Å². The van der Waals surface area contributed by atoms with Gasteiger partial charge in [-0.15, -0.1) is 0 Å². The minimum absolute atomic E-state index is 0.0281. The molecule has 0 saturated heterocycles. The molecular formula is C12H24N2O2. The molecule has 4 nitrogen and oxygen atoms in total. The van der Waals surface area contributed by atoms with Crippen LogP contribution in [0.3, 0.4) is 0 Å². The molecule has 94 valence electrons. The summed E-state index contributed by atoms with van der Waals surface area (Å²) >= 11 is 0. The van der Waals surface area contributed by atoms with Crippen molar-refractivity contribution in [3.8, 4) is 0 Å². The molecule has 0 spiro atoms. The zero-order chi connectivity index (χ0) is 12.0. The van der Waals surface area contributed by atoms with Gasteiger partial charge >= 0.3 is 0 Å². The minimum Gasteiger partial charge on any atom is -0.393 e. The molecule has 0 heterocycles. The molecule has 16 heavy (non-hydrogen) atoms. The number of aliphatic hydroxyl groups excluding tert-OH is 1. The lowest BCUT2D eigenvalue weighted by Gasteiger charge is -2.27. The molecule has 1 rings (SSSR count). The second kappa shape index (κ2) is 6.86. The minimum atomic E-state index is -0.186. The van der Waals surface area contributed by atoms with Crippen LogP contribution in [0.1, 0.15) is 39.5 Å². The predicted octanol–water partition coefficient (Wildman–Crippen LogP) is 0.652. The summed E-state index contributed by atoms with van der Waals surface area (Å²) in [5.41, 5.74) is 0. The van der Waals surface area contributed by atoms with E-state index >= 15 is 0 Å². The molecule has 3 N–H and O–H groups in total. The summed E-state index contributed by atoms with van der Waals surface area (Å²) in [5.74, 6) is 0.348. The Morgan fingerprint density at radius 2 is 2.06 bits per heavy atom. The van der Waals surface area contributed by atoms with Crippen molar-refractivity contribution >= 4 is 5.91 Å². The highest BCUT2D eigenvalue weighted by Crippen LogP contribution is 2.23. The molecule has 0 aliphatic heterocycles. The van der Waals surface area contributed by atoms with Gasteiger partial charge in [-0.05, 0) is 32.6 Å². The molecule has 1 aliphatic rings. The molecule has 0 aromatic rings. The Morgan fingerprint density at radius 3 is 2.69 bits per heavy atom. The number of carbonyl (C=O) groups excluding carboxylic acids is 1. The van der Waals surface area contributed by atoms with Crippen molar-refractivity contribution < 1.29 is 9.90 Å². The molecule has 0 radical (unpaired) electrons. The second-order valence-electron chi connectivity index (χ2n) is 4.96. The van der Waals surface area contributed by atoms with Gasteiger partial charge < -0.3 is 15.7 Å². The molecule has 0 aromatic carbocycles. The highest BCUT2D eigenvalue weighted by molar-refractivity contribution is 5.78. The Hall–Kier alpha value is -0.610. The highest BCUT2D eigenvalue weighted by Gasteiger charge is 2.22. The van der Waals surface area contributed by atoms with Gasteiger partial charge in [0.1, 0.15) is 0 Å². The molecule has 1 aliphatic carbocycles. The average Bonchev–Trinajstić information content (AvgIpc) is 2.19. The monoisotopic (exact) mass is 228 g/mol. The van der Waals surface area contributed by atoms with Gasteiger partial charge in [-0.25, -0.2) is 0 Å². The molecular weight excluding hydrogens is 204 g/mol. The first kappa shape index (κ1) is 13.5. The van der Waals surface area contributed by atoms with E-state index < -0.39 is 0 Å². The van der Waals surface area contributed by atoms with Crippen LogP contribution in [-0.2, 0) is 4.79 Å². The van der Waals surface area contributed by atoms with Crippen LogP contribution in [-0.4, -0.2) is 36.2 Å². The third-order valence-electron chi connectivity index (χ3n) is 3.01. The van der Waals surface area contributed by atoms with E-state index in [0.717, 1.165) is 25.8 Å². The maximum Gasteiger partial charge on any atom is 0.234 e. The summed E-state index contributed by atoms with van der Waals surface area (Å²) in [6.07, 6.45) is 4.12. The van der Waals surface area contributed by atoms with Crippen LogP contribution in [0.5, 0.6) is 0 Å². The summed E-state index contributed by atoms with van der Waals surface area (Å²) in [5, 5.41) is 15.7. The fourth-order valence-electron chi connectivity index (χ4n) is 2.17. The SMILES string of the molecule is CC(C)NC(=O)CNCC1CCCCC1O. The Bertz CT molecular complexity index is 219. The lowest BCUT2D eigenvalue weighted by atomic mass is 9.86. The van der Waals surface area contributed by atoms with Crippen molar-refractivity contribution in [1.29, 1.82) is 0 Å². The summed E-state index contributed by atoms with van der Waals surface area (Å²) in [6.45, 7) is 4.99. The van der Waals surface area contributed by atoms with Gasteiger partial charge in [0.05, 0.1) is 12.6 Å². The fourth-order valence-corrected chi connectivity index (χ4v) is 2.17. The zero-order valence-electron chi connectivity index (χ0n) is 10.3. The average molecular weight is 228 g/mol. The first-order chi connectivity index (χ1) is 7.59. The van der Waals surface area contributed by atoms with Crippen LogP contribution >= 0.6 is 0 Å². The van der Waals surface area contributed by atoms with Crippen LogP contribution in [0.4, 0.5) is 0 Å². The molecule has 0 bridgehead atoms. The molecule has 2 unspecified atom stereocenters. The van der Waals surface area contributed by atoms with Crippen molar-refractivity contribution in [3.05, 3.63) is 0 Å². The molecule has 4 heteroatoms. The highest BCUT2D eigenvalue weighted by atomic mass is 16.3. The maximum atomic E-state index is 11.3. The van der Waals surface area contributed by atoms with Crippen LogP contribution in [0, 0.1) is 5.92 Å². The van der Waals surface area contributed by atoms with Crippen molar-refractivity contribution in [2.24, 2.45) is 5.92 Å².